The van der Waals surface area contributed by atoms with Crippen molar-refractivity contribution < 1.29 is 9.47 Å². The van der Waals surface area contributed by atoms with E-state index in [4.69, 9.17) is 14.5 Å². The summed E-state index contributed by atoms with van der Waals surface area (Å²) < 4.78 is 12.7. The van der Waals surface area contributed by atoms with E-state index in [0.29, 0.717) is 11.6 Å². The van der Waals surface area contributed by atoms with E-state index in [1.165, 1.54) is 0 Å². The van der Waals surface area contributed by atoms with Crippen molar-refractivity contribution >= 4 is 16.9 Å². The fourth-order valence-corrected chi connectivity index (χ4v) is 3.88. The third-order valence-corrected chi connectivity index (χ3v) is 5.68. The maximum Gasteiger partial charge on any atom is 0.140 e. The number of anilines is 1. The number of rotatable bonds is 8. The molecule has 0 aromatic carbocycles. The highest BCUT2D eigenvalue weighted by molar-refractivity contribution is 5.81. The first-order valence-corrected chi connectivity index (χ1v) is 11.1. The van der Waals surface area contributed by atoms with Crippen molar-refractivity contribution in [2.24, 2.45) is 0 Å². The average Bonchev–Trinajstić information content (AvgIpc) is 3.33. The molecule has 1 fully saturated rings. The average molecular weight is 449 g/mol. The largest absolute Gasteiger partial charge is 0.495 e. The van der Waals surface area contributed by atoms with Crippen LogP contribution in [0.15, 0.2) is 60.6 Å². The molecule has 33 heavy (non-hydrogen) atoms. The summed E-state index contributed by atoms with van der Waals surface area (Å²) in [7, 11) is 1.63. The number of aryl methyl sites for hydroxylation is 1. The third kappa shape index (κ3) is 5.24. The van der Waals surface area contributed by atoms with Crippen LogP contribution >= 0.6 is 0 Å². The molecule has 0 aliphatic carbocycles. The molecule has 10 nitrogen and oxygen atoms in total. The summed E-state index contributed by atoms with van der Waals surface area (Å²) in [6.45, 7) is 5.66. The zero-order chi connectivity index (χ0) is 22.5. The number of hydrogen-bond acceptors (Lipinski definition) is 9. The molecule has 172 valence electrons. The summed E-state index contributed by atoms with van der Waals surface area (Å²) in [5, 5.41) is 7.79. The van der Waals surface area contributed by atoms with Gasteiger partial charge in [0.1, 0.15) is 17.4 Å². The van der Waals surface area contributed by atoms with Crippen molar-refractivity contribution in [3.63, 3.8) is 0 Å². The Bertz CT molecular complexity index is 1170. The minimum atomic E-state index is 0.707. The molecule has 2 aliphatic rings. The quantitative estimate of drug-likeness (QED) is 0.478. The molecule has 0 atom stereocenters. The van der Waals surface area contributed by atoms with Crippen molar-refractivity contribution in [3.8, 4) is 11.1 Å². The van der Waals surface area contributed by atoms with Gasteiger partial charge in [0.15, 0.2) is 0 Å². The fourth-order valence-electron chi connectivity index (χ4n) is 3.88. The van der Waals surface area contributed by atoms with Crippen LogP contribution in [0.4, 0.5) is 5.82 Å². The van der Waals surface area contributed by atoms with Gasteiger partial charge in [0, 0.05) is 55.8 Å². The topological polar surface area (TPSA) is 101 Å². The van der Waals surface area contributed by atoms with Gasteiger partial charge in [-0.15, -0.1) is 0 Å². The highest BCUT2D eigenvalue weighted by Gasteiger charge is 2.11. The van der Waals surface area contributed by atoms with Crippen molar-refractivity contribution in [1.82, 2.24) is 35.5 Å². The van der Waals surface area contributed by atoms with Gasteiger partial charge in [-0.1, -0.05) is 0 Å². The monoisotopic (exact) mass is 448 g/mol. The SMILES string of the molecule is COC1=CNNC(Nc2ccc3ncc(-c4cnn(CCCN5CCOCC5)c4)cc3n2)=C1. The molecular formula is C23H28N8O2. The maximum atomic E-state index is 5.41. The summed E-state index contributed by atoms with van der Waals surface area (Å²) in [6.07, 6.45) is 10.5. The van der Waals surface area contributed by atoms with Gasteiger partial charge in [0.25, 0.3) is 0 Å². The normalized spacial score (nSPS) is 16.5. The Hall–Kier alpha value is -3.63. The molecule has 10 heteroatoms. The molecule has 0 saturated carbocycles. The van der Waals surface area contributed by atoms with E-state index in [0.717, 1.165) is 73.8 Å². The van der Waals surface area contributed by atoms with E-state index in [1.807, 2.05) is 41.4 Å². The van der Waals surface area contributed by atoms with Crippen molar-refractivity contribution in [2.45, 2.75) is 13.0 Å². The molecular weight excluding hydrogens is 420 g/mol. The first-order valence-electron chi connectivity index (χ1n) is 11.1. The fraction of sp³-hybridized carbons (Fsp3) is 0.348. The number of hydrogen-bond donors (Lipinski definition) is 3. The predicted molar refractivity (Wildman–Crippen MR) is 126 cm³/mol. The second kappa shape index (κ2) is 9.88. The lowest BCUT2D eigenvalue weighted by molar-refractivity contribution is 0.0368. The van der Waals surface area contributed by atoms with Gasteiger partial charge < -0.3 is 20.2 Å². The second-order valence-electron chi connectivity index (χ2n) is 7.96. The van der Waals surface area contributed by atoms with Gasteiger partial charge in [-0.05, 0) is 24.6 Å². The minimum absolute atomic E-state index is 0.707. The minimum Gasteiger partial charge on any atom is -0.495 e. The van der Waals surface area contributed by atoms with Crippen LogP contribution in [0.2, 0.25) is 0 Å². The number of morpholine rings is 1. The van der Waals surface area contributed by atoms with E-state index in [9.17, 15) is 0 Å². The standard InChI is InChI=1S/C23H28N8O2/c1-32-19-12-23(29-25-15-19)28-22-4-3-20-21(27-22)11-17(13-24-20)18-14-26-31(16-18)6-2-5-30-7-9-33-10-8-30/h3-4,11-16,25,29H,2,5-10H2,1H3,(H,27,28). The van der Waals surface area contributed by atoms with Crippen LogP contribution in [0.3, 0.4) is 0 Å². The van der Waals surface area contributed by atoms with Crippen molar-refractivity contribution in [2.75, 3.05) is 45.3 Å². The van der Waals surface area contributed by atoms with Crippen LogP contribution in [0.1, 0.15) is 6.42 Å². The smallest absolute Gasteiger partial charge is 0.140 e. The Kier molecular flexibility index (Phi) is 6.36. The Balaban J connectivity index is 1.26. The first kappa shape index (κ1) is 21.2. The lowest BCUT2D eigenvalue weighted by Crippen LogP contribution is -2.37. The van der Waals surface area contributed by atoms with Crippen LogP contribution < -0.4 is 16.2 Å². The molecule has 0 unspecified atom stereocenters. The number of methoxy groups -OCH3 is 1. The zero-order valence-electron chi connectivity index (χ0n) is 18.6. The third-order valence-electron chi connectivity index (χ3n) is 5.68. The summed E-state index contributed by atoms with van der Waals surface area (Å²) in [5.74, 6) is 2.16. The van der Waals surface area contributed by atoms with Gasteiger partial charge in [-0.25, -0.2) is 4.98 Å². The van der Waals surface area contributed by atoms with E-state index in [2.05, 4.69) is 37.3 Å². The molecule has 3 aromatic rings. The van der Waals surface area contributed by atoms with Crippen LogP contribution in [0, 0.1) is 0 Å². The summed E-state index contributed by atoms with van der Waals surface area (Å²) in [5.41, 5.74) is 9.63. The van der Waals surface area contributed by atoms with E-state index >= 15 is 0 Å². The number of nitrogens with one attached hydrogen (secondary N) is 3. The van der Waals surface area contributed by atoms with Crippen molar-refractivity contribution in [1.29, 1.82) is 0 Å². The molecule has 3 aromatic heterocycles. The summed E-state index contributed by atoms with van der Waals surface area (Å²) in [4.78, 5) is 11.8. The van der Waals surface area contributed by atoms with Gasteiger partial charge in [0.2, 0.25) is 0 Å². The Morgan fingerprint density at radius 2 is 2.03 bits per heavy atom. The van der Waals surface area contributed by atoms with E-state index in [-0.39, 0.29) is 0 Å². The highest BCUT2D eigenvalue weighted by atomic mass is 16.5. The van der Waals surface area contributed by atoms with E-state index < -0.39 is 0 Å². The number of allylic oxidation sites excluding steroid dienone is 1. The number of hydrazine groups is 1. The van der Waals surface area contributed by atoms with Crippen LogP contribution in [0.5, 0.6) is 0 Å². The number of pyridine rings is 2. The number of nitrogens with zero attached hydrogens (tertiary/aromatic N) is 5. The Labute approximate surface area is 192 Å². The highest BCUT2D eigenvalue weighted by Crippen LogP contribution is 2.23. The number of aromatic nitrogens is 4. The summed E-state index contributed by atoms with van der Waals surface area (Å²) >= 11 is 0. The molecule has 0 amide bonds. The number of ether oxygens (including phenoxy) is 2. The maximum absolute atomic E-state index is 5.41. The van der Waals surface area contributed by atoms with Crippen molar-refractivity contribution in [3.05, 3.63) is 60.6 Å². The van der Waals surface area contributed by atoms with Crippen LogP contribution in [-0.2, 0) is 16.0 Å². The molecule has 5 heterocycles. The molecule has 3 N–H and O–H groups in total. The molecule has 5 rings (SSSR count). The molecule has 0 radical (unpaired) electrons. The zero-order valence-corrected chi connectivity index (χ0v) is 18.6. The molecule has 1 saturated heterocycles. The lowest BCUT2D eigenvalue weighted by atomic mass is 10.1. The van der Waals surface area contributed by atoms with Gasteiger partial charge >= 0.3 is 0 Å². The van der Waals surface area contributed by atoms with Gasteiger partial charge in [0.05, 0.1) is 43.8 Å². The molecule has 0 bridgehead atoms. The molecule has 2 aliphatic heterocycles. The Morgan fingerprint density at radius 3 is 2.91 bits per heavy atom. The van der Waals surface area contributed by atoms with Gasteiger partial charge in [-0.3, -0.25) is 20.0 Å². The lowest BCUT2D eigenvalue weighted by Gasteiger charge is -2.26. The van der Waals surface area contributed by atoms with Gasteiger partial charge in [-0.2, -0.15) is 5.10 Å². The van der Waals surface area contributed by atoms with Crippen LogP contribution in [-0.4, -0.2) is 64.6 Å². The Morgan fingerprint density at radius 1 is 1.12 bits per heavy atom. The molecule has 0 spiro atoms. The van der Waals surface area contributed by atoms with Crippen LogP contribution in [0.25, 0.3) is 22.2 Å². The summed E-state index contributed by atoms with van der Waals surface area (Å²) in [6, 6.07) is 5.90. The van der Waals surface area contributed by atoms with E-state index in [1.54, 1.807) is 13.3 Å². The predicted octanol–water partition coefficient (Wildman–Crippen LogP) is 2.06. The second-order valence-corrected chi connectivity index (χ2v) is 7.96. The number of fused-ring (bicyclic) bond motifs is 1. The first-order chi connectivity index (χ1) is 16.3.